The Morgan fingerprint density at radius 3 is 2.74 bits per heavy atom. The quantitative estimate of drug-likeness (QED) is 0.627. The first-order valence-corrected chi connectivity index (χ1v) is 7.51. The predicted octanol–water partition coefficient (Wildman–Crippen LogP) is 2.07. The van der Waals surface area contributed by atoms with E-state index in [9.17, 15) is 0 Å². The van der Waals surface area contributed by atoms with Gasteiger partial charge < -0.3 is 19.9 Å². The first kappa shape index (κ1) is 16.8. The number of ether oxygens (including phenoxy) is 1. The molecule has 0 aliphatic rings. The molecule has 0 aromatic carbocycles. The number of guanidine groups is 1. The van der Waals surface area contributed by atoms with Gasteiger partial charge in [-0.1, -0.05) is 19.0 Å². The summed E-state index contributed by atoms with van der Waals surface area (Å²) in [5.41, 5.74) is 2.01. The van der Waals surface area contributed by atoms with Crippen molar-refractivity contribution >= 4 is 5.96 Å². The molecule has 0 radical (unpaired) electrons. The molecule has 2 heterocycles. The van der Waals surface area contributed by atoms with Gasteiger partial charge in [0, 0.05) is 31.9 Å². The van der Waals surface area contributed by atoms with Gasteiger partial charge >= 0.3 is 0 Å². The molecule has 0 saturated carbocycles. The zero-order valence-corrected chi connectivity index (χ0v) is 14.0. The van der Waals surface area contributed by atoms with Gasteiger partial charge in [-0.3, -0.25) is 4.99 Å². The number of nitrogens with zero attached hydrogens (tertiary/aromatic N) is 3. The van der Waals surface area contributed by atoms with Gasteiger partial charge in [0.05, 0.1) is 19.3 Å². The summed E-state index contributed by atoms with van der Waals surface area (Å²) in [5.74, 6) is 2.41. The van der Waals surface area contributed by atoms with Crippen molar-refractivity contribution in [3.8, 4) is 5.88 Å². The molecule has 0 amide bonds. The Labute approximate surface area is 136 Å². The largest absolute Gasteiger partial charge is 0.481 e. The molecule has 7 nitrogen and oxygen atoms in total. The Balaban J connectivity index is 1.85. The maximum absolute atomic E-state index is 5.29. The molecule has 2 rings (SSSR count). The molecule has 124 valence electrons. The van der Waals surface area contributed by atoms with Crippen LogP contribution in [-0.4, -0.2) is 30.3 Å². The zero-order chi connectivity index (χ0) is 16.7. The first-order valence-electron chi connectivity index (χ1n) is 7.51. The van der Waals surface area contributed by atoms with Gasteiger partial charge in [-0.15, -0.1) is 0 Å². The summed E-state index contributed by atoms with van der Waals surface area (Å²) >= 11 is 0. The Kier molecular flexibility index (Phi) is 5.96. The second-order valence-electron chi connectivity index (χ2n) is 5.36. The molecule has 0 atom stereocenters. The van der Waals surface area contributed by atoms with Crippen molar-refractivity contribution in [3.05, 3.63) is 41.4 Å². The zero-order valence-electron chi connectivity index (χ0n) is 14.0. The van der Waals surface area contributed by atoms with Crippen LogP contribution >= 0.6 is 0 Å². The van der Waals surface area contributed by atoms with Crippen molar-refractivity contribution in [3.63, 3.8) is 0 Å². The predicted molar refractivity (Wildman–Crippen MR) is 88.4 cm³/mol. The molecule has 2 N–H and O–H groups in total. The lowest BCUT2D eigenvalue weighted by atomic mass is 10.1. The number of nitrogens with one attached hydrogen (secondary N) is 2. The average molecular weight is 317 g/mol. The van der Waals surface area contributed by atoms with Crippen LogP contribution in [0.5, 0.6) is 5.88 Å². The topological polar surface area (TPSA) is 84.6 Å². The molecule has 0 saturated heterocycles. The van der Waals surface area contributed by atoms with E-state index in [0.29, 0.717) is 30.8 Å². The van der Waals surface area contributed by atoms with Crippen molar-refractivity contribution < 1.29 is 9.26 Å². The number of aromatic nitrogens is 2. The molecule has 0 aliphatic heterocycles. The van der Waals surface area contributed by atoms with Crippen LogP contribution in [0.4, 0.5) is 0 Å². The van der Waals surface area contributed by atoms with Crippen LogP contribution in [0.3, 0.4) is 0 Å². The van der Waals surface area contributed by atoms with Gasteiger partial charge in [0.1, 0.15) is 0 Å². The highest BCUT2D eigenvalue weighted by molar-refractivity contribution is 5.79. The third-order valence-corrected chi connectivity index (χ3v) is 3.29. The molecule has 23 heavy (non-hydrogen) atoms. The molecule has 2 aromatic heterocycles. The van der Waals surface area contributed by atoms with E-state index < -0.39 is 0 Å². The van der Waals surface area contributed by atoms with Crippen molar-refractivity contribution in [1.82, 2.24) is 20.8 Å². The lowest BCUT2D eigenvalue weighted by Gasteiger charge is -2.11. The molecular weight excluding hydrogens is 294 g/mol. The van der Waals surface area contributed by atoms with Gasteiger partial charge in [0.25, 0.3) is 0 Å². The maximum atomic E-state index is 5.29. The number of rotatable bonds is 6. The van der Waals surface area contributed by atoms with Gasteiger partial charge in [-0.05, 0) is 17.5 Å². The highest BCUT2D eigenvalue weighted by atomic mass is 16.5. The van der Waals surface area contributed by atoms with Crippen LogP contribution in [0.2, 0.25) is 0 Å². The fourth-order valence-electron chi connectivity index (χ4n) is 1.93. The summed E-state index contributed by atoms with van der Waals surface area (Å²) in [7, 11) is 3.32. The van der Waals surface area contributed by atoms with Crippen LogP contribution in [0.1, 0.15) is 36.8 Å². The summed E-state index contributed by atoms with van der Waals surface area (Å²) in [6.45, 7) is 5.31. The molecule has 2 aromatic rings. The van der Waals surface area contributed by atoms with Gasteiger partial charge in [-0.25, -0.2) is 4.98 Å². The molecule has 0 aliphatic carbocycles. The van der Waals surface area contributed by atoms with E-state index in [0.717, 1.165) is 17.0 Å². The van der Waals surface area contributed by atoms with Gasteiger partial charge in [0.2, 0.25) is 5.88 Å². The molecular formula is C16H23N5O2. The molecule has 7 heteroatoms. The van der Waals surface area contributed by atoms with Gasteiger partial charge in [-0.2, -0.15) is 0 Å². The van der Waals surface area contributed by atoms with Crippen LogP contribution in [0.25, 0.3) is 0 Å². The van der Waals surface area contributed by atoms with E-state index in [1.807, 2.05) is 18.2 Å². The van der Waals surface area contributed by atoms with E-state index in [2.05, 4.69) is 39.6 Å². The maximum Gasteiger partial charge on any atom is 0.213 e. The second kappa shape index (κ2) is 8.17. The van der Waals surface area contributed by atoms with E-state index in [-0.39, 0.29) is 0 Å². The molecule has 0 fully saturated rings. The lowest BCUT2D eigenvalue weighted by Crippen LogP contribution is -2.36. The summed E-state index contributed by atoms with van der Waals surface area (Å²) in [4.78, 5) is 8.27. The highest BCUT2D eigenvalue weighted by Gasteiger charge is 2.08. The van der Waals surface area contributed by atoms with E-state index in [1.54, 1.807) is 20.4 Å². The average Bonchev–Trinajstić information content (AvgIpc) is 3.04. The summed E-state index contributed by atoms with van der Waals surface area (Å²) in [5, 5.41) is 10.5. The summed E-state index contributed by atoms with van der Waals surface area (Å²) in [6, 6.07) is 5.76. The van der Waals surface area contributed by atoms with Crippen molar-refractivity contribution in [1.29, 1.82) is 0 Å². The number of hydrogen-bond acceptors (Lipinski definition) is 5. The Morgan fingerprint density at radius 1 is 1.30 bits per heavy atom. The number of pyridine rings is 1. The third kappa shape index (κ3) is 4.98. The van der Waals surface area contributed by atoms with E-state index >= 15 is 0 Å². The van der Waals surface area contributed by atoms with Crippen LogP contribution < -0.4 is 15.4 Å². The minimum absolute atomic E-state index is 0.353. The highest BCUT2D eigenvalue weighted by Crippen LogP contribution is 2.13. The third-order valence-electron chi connectivity index (χ3n) is 3.29. The normalized spacial score (nSPS) is 11.6. The minimum atomic E-state index is 0.353. The van der Waals surface area contributed by atoms with Crippen LogP contribution in [0, 0.1) is 0 Å². The minimum Gasteiger partial charge on any atom is -0.481 e. The number of aliphatic imine (C=N–C) groups is 1. The monoisotopic (exact) mass is 317 g/mol. The van der Waals surface area contributed by atoms with Crippen LogP contribution in [0.15, 0.2) is 33.9 Å². The van der Waals surface area contributed by atoms with Crippen molar-refractivity contribution in [2.45, 2.75) is 32.9 Å². The smallest absolute Gasteiger partial charge is 0.213 e. The first-order chi connectivity index (χ1) is 11.1. The van der Waals surface area contributed by atoms with Crippen LogP contribution in [-0.2, 0) is 13.1 Å². The van der Waals surface area contributed by atoms with Crippen molar-refractivity contribution in [2.24, 2.45) is 4.99 Å². The standard InChI is InChI=1S/C16H23N5O2/c1-11(2)14-8-13(23-21-14)10-20-16(17-3)19-9-12-5-6-18-15(7-12)22-4/h5-8,11H,9-10H2,1-4H3,(H2,17,19,20). The molecule has 0 unspecified atom stereocenters. The number of methoxy groups -OCH3 is 1. The molecule has 0 bridgehead atoms. The van der Waals surface area contributed by atoms with Crippen molar-refractivity contribution in [2.75, 3.05) is 14.2 Å². The Bertz CT molecular complexity index is 651. The van der Waals surface area contributed by atoms with E-state index in [1.165, 1.54) is 0 Å². The molecule has 0 spiro atoms. The number of hydrogen-bond donors (Lipinski definition) is 2. The lowest BCUT2D eigenvalue weighted by molar-refractivity contribution is 0.372. The fourth-order valence-corrected chi connectivity index (χ4v) is 1.93. The summed E-state index contributed by atoms with van der Waals surface area (Å²) in [6.07, 6.45) is 1.72. The Morgan fingerprint density at radius 2 is 2.09 bits per heavy atom. The Hall–Kier alpha value is -2.57. The summed E-state index contributed by atoms with van der Waals surface area (Å²) < 4.78 is 10.4. The van der Waals surface area contributed by atoms with E-state index in [4.69, 9.17) is 9.26 Å². The van der Waals surface area contributed by atoms with Gasteiger partial charge in [0.15, 0.2) is 11.7 Å². The fraction of sp³-hybridized carbons (Fsp3) is 0.438. The second-order valence-corrected chi connectivity index (χ2v) is 5.36. The SMILES string of the molecule is CN=C(NCc1ccnc(OC)c1)NCc1cc(C(C)C)no1.